The number of anilines is 3. The van der Waals surface area contributed by atoms with Gasteiger partial charge in [0.25, 0.3) is 0 Å². The molecule has 0 saturated carbocycles. The number of morpholine rings is 1. The van der Waals surface area contributed by atoms with Crippen LogP contribution in [-0.4, -0.2) is 81.9 Å². The standard InChI is InChI=1S/C27H32FN7O4/c1-16-10-33-13-21(20(28)9-23(33)30-16)31-25(36)34-8-6-19-22(5-7-29-24(19)34)32-11-17-14-38-15-18(12-32)35(17)26(37)39-27(2,3)4/h5,7,9-10,13,17-18H,6,8,11-12,14-15H2,1-4H3,(H,31,36). The molecule has 6 heterocycles. The van der Waals surface area contributed by atoms with Gasteiger partial charge < -0.3 is 24.1 Å². The minimum atomic E-state index is -0.578. The van der Waals surface area contributed by atoms with E-state index in [-0.39, 0.29) is 23.9 Å². The molecule has 3 aromatic heterocycles. The number of nitrogens with one attached hydrogen (secondary N) is 1. The maximum Gasteiger partial charge on any atom is 0.411 e. The second-order valence-electron chi connectivity index (χ2n) is 11.3. The third-order valence-electron chi connectivity index (χ3n) is 7.21. The Morgan fingerprint density at radius 1 is 1.18 bits per heavy atom. The summed E-state index contributed by atoms with van der Waals surface area (Å²) in [6.07, 6.45) is 5.28. The van der Waals surface area contributed by atoms with E-state index in [1.807, 2.05) is 38.7 Å². The van der Waals surface area contributed by atoms with E-state index < -0.39 is 17.4 Å². The molecule has 6 rings (SSSR count). The maximum absolute atomic E-state index is 14.7. The van der Waals surface area contributed by atoms with Gasteiger partial charge in [-0.15, -0.1) is 0 Å². The zero-order valence-corrected chi connectivity index (χ0v) is 22.5. The summed E-state index contributed by atoms with van der Waals surface area (Å²) in [5.74, 6) is 0.000130. The largest absolute Gasteiger partial charge is 0.444 e. The van der Waals surface area contributed by atoms with E-state index >= 15 is 0 Å². The van der Waals surface area contributed by atoms with E-state index in [0.717, 1.165) is 16.9 Å². The van der Waals surface area contributed by atoms with Crippen LogP contribution >= 0.6 is 0 Å². The minimum absolute atomic E-state index is 0.0700. The third-order valence-corrected chi connectivity index (χ3v) is 7.21. The van der Waals surface area contributed by atoms with Gasteiger partial charge in [-0.05, 0) is 40.2 Å². The summed E-state index contributed by atoms with van der Waals surface area (Å²) in [5.41, 5.74) is 2.66. The molecule has 0 spiro atoms. The van der Waals surface area contributed by atoms with E-state index in [1.165, 1.54) is 12.3 Å². The monoisotopic (exact) mass is 537 g/mol. The average Bonchev–Trinajstić information content (AvgIpc) is 3.44. The number of hydrogen-bond donors (Lipinski definition) is 1. The lowest BCUT2D eigenvalue weighted by Crippen LogP contribution is -2.66. The van der Waals surface area contributed by atoms with Crippen LogP contribution in [0.5, 0.6) is 0 Å². The average molecular weight is 538 g/mol. The molecule has 2 saturated heterocycles. The lowest BCUT2D eigenvalue weighted by Gasteiger charge is -2.50. The van der Waals surface area contributed by atoms with Crippen LogP contribution in [0.25, 0.3) is 5.65 Å². The molecule has 0 aromatic carbocycles. The minimum Gasteiger partial charge on any atom is -0.444 e. The fraction of sp³-hybridized carbons (Fsp3) is 0.481. The molecule has 2 bridgehead atoms. The molecular weight excluding hydrogens is 505 g/mol. The second kappa shape index (κ2) is 9.37. The Bertz CT molecular complexity index is 1440. The van der Waals surface area contributed by atoms with E-state index in [1.54, 1.807) is 21.7 Å². The summed E-state index contributed by atoms with van der Waals surface area (Å²) in [7, 11) is 0. The van der Waals surface area contributed by atoms with Gasteiger partial charge in [0.05, 0.1) is 36.7 Å². The van der Waals surface area contributed by atoms with Crippen molar-refractivity contribution in [1.29, 1.82) is 0 Å². The molecule has 0 radical (unpaired) electrons. The maximum atomic E-state index is 14.7. The van der Waals surface area contributed by atoms with Crippen molar-refractivity contribution in [2.24, 2.45) is 0 Å². The number of pyridine rings is 2. The van der Waals surface area contributed by atoms with Crippen LogP contribution < -0.4 is 15.1 Å². The van der Waals surface area contributed by atoms with Crippen molar-refractivity contribution in [3.63, 3.8) is 0 Å². The van der Waals surface area contributed by atoms with E-state index in [0.29, 0.717) is 50.7 Å². The van der Waals surface area contributed by atoms with E-state index in [2.05, 4.69) is 20.2 Å². The summed E-state index contributed by atoms with van der Waals surface area (Å²) in [6, 6.07) is 2.50. The first kappa shape index (κ1) is 25.4. The van der Waals surface area contributed by atoms with Gasteiger partial charge in [-0.1, -0.05) is 0 Å². The summed E-state index contributed by atoms with van der Waals surface area (Å²) in [4.78, 5) is 40.6. The fourth-order valence-corrected chi connectivity index (χ4v) is 5.65. The zero-order chi connectivity index (χ0) is 27.5. The Morgan fingerprint density at radius 2 is 1.92 bits per heavy atom. The van der Waals surface area contributed by atoms with Crippen LogP contribution in [0.1, 0.15) is 32.0 Å². The molecular formula is C27H32FN7O4. The lowest BCUT2D eigenvalue weighted by molar-refractivity contribution is -0.0665. The summed E-state index contributed by atoms with van der Waals surface area (Å²) in [5, 5.41) is 2.70. The molecule has 1 N–H and O–H groups in total. The van der Waals surface area contributed by atoms with Crippen LogP contribution in [0.3, 0.4) is 0 Å². The first-order chi connectivity index (χ1) is 18.6. The third kappa shape index (κ3) is 4.73. The molecule has 39 heavy (non-hydrogen) atoms. The van der Waals surface area contributed by atoms with Crippen molar-refractivity contribution < 1.29 is 23.5 Å². The molecule has 206 valence electrons. The summed E-state index contributed by atoms with van der Waals surface area (Å²) < 4.78 is 27.8. The molecule has 2 fully saturated rings. The predicted molar refractivity (Wildman–Crippen MR) is 143 cm³/mol. The molecule has 11 nitrogen and oxygen atoms in total. The first-order valence-electron chi connectivity index (χ1n) is 13.1. The predicted octanol–water partition coefficient (Wildman–Crippen LogP) is 3.60. The Kier molecular flexibility index (Phi) is 6.09. The van der Waals surface area contributed by atoms with Crippen LogP contribution in [0, 0.1) is 12.7 Å². The fourth-order valence-electron chi connectivity index (χ4n) is 5.65. The van der Waals surface area contributed by atoms with Gasteiger partial charge in [0, 0.05) is 55.5 Å². The molecule has 3 aliphatic heterocycles. The number of halogens is 1. The van der Waals surface area contributed by atoms with Gasteiger partial charge >= 0.3 is 12.1 Å². The number of urea groups is 1. The van der Waals surface area contributed by atoms with E-state index in [4.69, 9.17) is 9.47 Å². The number of aromatic nitrogens is 3. The number of nitrogens with zero attached hydrogens (tertiary/aromatic N) is 6. The van der Waals surface area contributed by atoms with Crippen LogP contribution in [-0.2, 0) is 15.9 Å². The van der Waals surface area contributed by atoms with Crippen molar-refractivity contribution >= 4 is 35.0 Å². The number of aryl methyl sites for hydroxylation is 1. The van der Waals surface area contributed by atoms with Crippen LogP contribution in [0.2, 0.25) is 0 Å². The van der Waals surface area contributed by atoms with Crippen LogP contribution in [0.4, 0.5) is 31.2 Å². The van der Waals surface area contributed by atoms with Gasteiger partial charge in [-0.3, -0.25) is 9.80 Å². The molecule has 2 atom stereocenters. The Morgan fingerprint density at radius 3 is 2.64 bits per heavy atom. The number of ether oxygens (including phenoxy) is 2. The summed E-state index contributed by atoms with van der Waals surface area (Å²) >= 11 is 0. The van der Waals surface area contributed by atoms with Crippen molar-refractivity contribution in [2.45, 2.75) is 51.8 Å². The SMILES string of the molecule is Cc1cn2cc(NC(=O)N3CCc4c(N5CC6COCC(C5)N6C(=O)OC(C)(C)C)ccnc43)c(F)cc2n1. The number of fused-ring (bicyclic) bond motifs is 4. The molecule has 3 amide bonds. The lowest BCUT2D eigenvalue weighted by atomic mass is 10.0. The number of hydrogen-bond acceptors (Lipinski definition) is 7. The topological polar surface area (TPSA) is 105 Å². The normalized spacial score (nSPS) is 20.8. The molecule has 3 aromatic rings. The smallest absolute Gasteiger partial charge is 0.411 e. The van der Waals surface area contributed by atoms with Gasteiger partial charge in [0.2, 0.25) is 0 Å². The Balaban J connectivity index is 1.21. The van der Waals surface area contributed by atoms with Gasteiger partial charge in [0.1, 0.15) is 17.1 Å². The van der Waals surface area contributed by atoms with Gasteiger partial charge in [-0.2, -0.15) is 0 Å². The van der Waals surface area contributed by atoms with Crippen molar-refractivity contribution in [2.75, 3.05) is 48.0 Å². The van der Waals surface area contributed by atoms with Crippen molar-refractivity contribution in [1.82, 2.24) is 19.3 Å². The number of amides is 3. The molecule has 0 aliphatic carbocycles. The Hall–Kier alpha value is -3.93. The van der Waals surface area contributed by atoms with E-state index in [9.17, 15) is 14.0 Å². The highest BCUT2D eigenvalue weighted by Crippen LogP contribution is 2.37. The van der Waals surface area contributed by atoms with Crippen molar-refractivity contribution in [3.8, 4) is 0 Å². The Labute approximate surface area is 225 Å². The van der Waals surface area contributed by atoms with Gasteiger partial charge in [0.15, 0.2) is 5.82 Å². The van der Waals surface area contributed by atoms with Crippen LogP contribution in [0.15, 0.2) is 30.7 Å². The zero-order valence-electron chi connectivity index (χ0n) is 22.5. The highest BCUT2D eigenvalue weighted by atomic mass is 19.1. The van der Waals surface area contributed by atoms with Gasteiger partial charge in [-0.25, -0.2) is 23.9 Å². The molecule has 12 heteroatoms. The number of rotatable bonds is 2. The molecule has 2 unspecified atom stereocenters. The highest BCUT2D eigenvalue weighted by Gasteiger charge is 2.43. The number of carbonyl (C=O) groups excluding carboxylic acids is 2. The number of piperazine rings is 1. The number of carbonyl (C=O) groups is 2. The molecule has 3 aliphatic rings. The first-order valence-corrected chi connectivity index (χ1v) is 13.1. The number of imidazole rings is 1. The van der Waals surface area contributed by atoms with Crippen molar-refractivity contribution in [3.05, 3.63) is 47.8 Å². The second-order valence-corrected chi connectivity index (χ2v) is 11.3. The summed E-state index contributed by atoms with van der Waals surface area (Å²) in [6.45, 7) is 9.85. The highest BCUT2D eigenvalue weighted by molar-refractivity contribution is 6.03. The quantitative estimate of drug-likeness (QED) is 0.533.